The average Bonchev–Trinajstić information content (AvgIpc) is 2.86. The van der Waals surface area contributed by atoms with Gasteiger partial charge in [-0.2, -0.15) is 10.2 Å². The van der Waals surface area contributed by atoms with Crippen LogP contribution >= 0.6 is 12.4 Å². The molecule has 0 aliphatic rings. The van der Waals surface area contributed by atoms with Crippen molar-refractivity contribution in [1.82, 2.24) is 24.9 Å². The second-order valence-electron chi connectivity index (χ2n) is 4.18. The Morgan fingerprint density at radius 1 is 1.28 bits per heavy atom. The van der Waals surface area contributed by atoms with Gasteiger partial charge in [0.1, 0.15) is 0 Å². The number of hydrogen-bond donors (Lipinski definition) is 1. The van der Waals surface area contributed by atoms with E-state index in [4.69, 9.17) is 0 Å². The molecule has 100 valence electrons. The second kappa shape index (κ2) is 6.56. The van der Waals surface area contributed by atoms with Gasteiger partial charge >= 0.3 is 0 Å². The van der Waals surface area contributed by atoms with Crippen molar-refractivity contribution in [2.24, 2.45) is 7.05 Å². The van der Waals surface area contributed by atoms with Crippen molar-refractivity contribution >= 4 is 12.4 Å². The fourth-order valence-corrected chi connectivity index (χ4v) is 1.78. The van der Waals surface area contributed by atoms with Gasteiger partial charge in [0.25, 0.3) is 0 Å². The monoisotopic (exact) mass is 269 g/mol. The highest BCUT2D eigenvalue weighted by molar-refractivity contribution is 5.85. The molecule has 0 aromatic carbocycles. The van der Waals surface area contributed by atoms with Crippen LogP contribution in [0.4, 0.5) is 0 Å². The van der Waals surface area contributed by atoms with Gasteiger partial charge < -0.3 is 5.32 Å². The smallest absolute Gasteiger partial charge is 0.0762 e. The fourth-order valence-electron chi connectivity index (χ4n) is 1.78. The third-order valence-electron chi connectivity index (χ3n) is 2.76. The van der Waals surface area contributed by atoms with Crippen LogP contribution in [0.5, 0.6) is 0 Å². The van der Waals surface area contributed by atoms with E-state index in [0.29, 0.717) is 0 Å². The molecular formula is C12H20ClN5. The molecule has 2 aromatic heterocycles. The molecule has 0 radical (unpaired) electrons. The first-order chi connectivity index (χ1) is 8.19. The molecule has 2 rings (SSSR count). The van der Waals surface area contributed by atoms with Gasteiger partial charge in [-0.15, -0.1) is 12.4 Å². The van der Waals surface area contributed by atoms with E-state index < -0.39 is 0 Å². The highest BCUT2D eigenvalue weighted by atomic mass is 35.5. The molecular weight excluding hydrogens is 250 g/mol. The van der Waals surface area contributed by atoms with Crippen LogP contribution in [0, 0.1) is 6.92 Å². The summed E-state index contributed by atoms with van der Waals surface area (Å²) in [6.07, 6.45) is 4.05. The predicted molar refractivity (Wildman–Crippen MR) is 73.6 cm³/mol. The van der Waals surface area contributed by atoms with Gasteiger partial charge in [-0.3, -0.25) is 9.36 Å². The zero-order chi connectivity index (χ0) is 12.3. The summed E-state index contributed by atoms with van der Waals surface area (Å²) in [5, 5.41) is 12.1. The topological polar surface area (TPSA) is 47.7 Å². The van der Waals surface area contributed by atoms with E-state index in [1.165, 1.54) is 5.56 Å². The van der Waals surface area contributed by atoms with Gasteiger partial charge in [-0.25, -0.2) is 0 Å². The molecule has 0 saturated carbocycles. The summed E-state index contributed by atoms with van der Waals surface area (Å²) in [4.78, 5) is 0. The van der Waals surface area contributed by atoms with Gasteiger partial charge in [-0.1, -0.05) is 0 Å². The fraction of sp³-hybridized carbons (Fsp3) is 0.500. The maximum Gasteiger partial charge on any atom is 0.0762 e. The quantitative estimate of drug-likeness (QED) is 0.898. The molecule has 0 aliphatic carbocycles. The van der Waals surface area contributed by atoms with Gasteiger partial charge in [0.2, 0.25) is 0 Å². The Bertz CT molecular complexity index is 488. The Morgan fingerprint density at radius 2 is 2.06 bits per heavy atom. The summed E-state index contributed by atoms with van der Waals surface area (Å²) in [5.74, 6) is 0. The van der Waals surface area contributed by atoms with Crippen LogP contribution in [0.2, 0.25) is 0 Å². The second-order valence-corrected chi connectivity index (χ2v) is 4.18. The first kappa shape index (κ1) is 14.7. The molecule has 0 spiro atoms. The maximum atomic E-state index is 4.42. The summed E-state index contributed by atoms with van der Waals surface area (Å²) < 4.78 is 3.78. The first-order valence-electron chi connectivity index (χ1n) is 5.91. The number of nitrogens with one attached hydrogen (secondary N) is 1. The molecule has 0 saturated heterocycles. The summed E-state index contributed by atoms with van der Waals surface area (Å²) in [6.45, 7) is 6.68. The standard InChI is InChI=1S/C12H19N5.ClH/c1-4-17-9-11(10(2)14-17)7-13-8-12-5-6-16(3)15-12;/h5-6,9,13H,4,7-8H2,1-3H3;1H. The van der Waals surface area contributed by atoms with Crippen molar-refractivity contribution in [3.05, 3.63) is 35.4 Å². The normalized spacial score (nSPS) is 10.4. The van der Waals surface area contributed by atoms with E-state index in [0.717, 1.165) is 31.0 Å². The van der Waals surface area contributed by atoms with Crippen LogP contribution in [-0.2, 0) is 26.7 Å². The number of hydrogen-bond acceptors (Lipinski definition) is 3. The molecule has 0 amide bonds. The molecule has 0 aliphatic heterocycles. The molecule has 0 fully saturated rings. The SMILES string of the molecule is CCn1cc(CNCc2ccn(C)n2)c(C)n1.Cl. The van der Waals surface area contributed by atoms with E-state index in [2.05, 4.69) is 28.6 Å². The summed E-state index contributed by atoms with van der Waals surface area (Å²) >= 11 is 0. The average molecular weight is 270 g/mol. The third kappa shape index (κ3) is 3.58. The molecule has 2 heterocycles. The van der Waals surface area contributed by atoms with Gasteiger partial charge in [0.05, 0.1) is 11.4 Å². The van der Waals surface area contributed by atoms with Crippen LogP contribution in [0.25, 0.3) is 0 Å². The zero-order valence-corrected chi connectivity index (χ0v) is 11.9. The summed E-state index contributed by atoms with van der Waals surface area (Å²) in [5.41, 5.74) is 3.41. The third-order valence-corrected chi connectivity index (χ3v) is 2.76. The minimum atomic E-state index is 0. The highest BCUT2D eigenvalue weighted by Gasteiger charge is 2.03. The van der Waals surface area contributed by atoms with Crippen LogP contribution < -0.4 is 5.32 Å². The van der Waals surface area contributed by atoms with Crippen molar-refractivity contribution in [1.29, 1.82) is 0 Å². The first-order valence-corrected chi connectivity index (χ1v) is 5.91. The number of nitrogens with zero attached hydrogens (tertiary/aromatic N) is 4. The summed E-state index contributed by atoms with van der Waals surface area (Å²) in [6, 6.07) is 2.02. The lowest BCUT2D eigenvalue weighted by Crippen LogP contribution is -2.13. The van der Waals surface area contributed by atoms with E-state index >= 15 is 0 Å². The minimum Gasteiger partial charge on any atom is -0.307 e. The molecule has 6 heteroatoms. The highest BCUT2D eigenvalue weighted by Crippen LogP contribution is 2.05. The van der Waals surface area contributed by atoms with E-state index in [1.807, 2.05) is 35.6 Å². The lowest BCUT2D eigenvalue weighted by atomic mass is 10.2. The van der Waals surface area contributed by atoms with E-state index in [9.17, 15) is 0 Å². The maximum absolute atomic E-state index is 4.42. The number of halogens is 1. The van der Waals surface area contributed by atoms with E-state index in [1.54, 1.807) is 0 Å². The Labute approximate surface area is 114 Å². The Kier molecular flexibility index (Phi) is 5.37. The lowest BCUT2D eigenvalue weighted by Gasteiger charge is -2.00. The van der Waals surface area contributed by atoms with Crippen LogP contribution in [0.1, 0.15) is 23.9 Å². The van der Waals surface area contributed by atoms with Crippen molar-refractivity contribution in [3.8, 4) is 0 Å². The van der Waals surface area contributed by atoms with Crippen molar-refractivity contribution in [2.75, 3.05) is 0 Å². The molecule has 5 nitrogen and oxygen atoms in total. The van der Waals surface area contributed by atoms with Crippen molar-refractivity contribution < 1.29 is 0 Å². The Balaban J connectivity index is 0.00000162. The lowest BCUT2D eigenvalue weighted by molar-refractivity contribution is 0.647. The van der Waals surface area contributed by atoms with Gasteiger partial charge in [-0.05, 0) is 19.9 Å². The van der Waals surface area contributed by atoms with Crippen LogP contribution in [0.15, 0.2) is 18.5 Å². The molecule has 2 aromatic rings. The largest absolute Gasteiger partial charge is 0.307 e. The predicted octanol–water partition coefficient (Wildman–Crippen LogP) is 1.66. The zero-order valence-electron chi connectivity index (χ0n) is 11.1. The number of aryl methyl sites for hydroxylation is 3. The van der Waals surface area contributed by atoms with E-state index in [-0.39, 0.29) is 12.4 Å². The van der Waals surface area contributed by atoms with Crippen molar-refractivity contribution in [2.45, 2.75) is 33.5 Å². The van der Waals surface area contributed by atoms with Crippen LogP contribution in [0.3, 0.4) is 0 Å². The Morgan fingerprint density at radius 3 is 2.61 bits per heavy atom. The summed E-state index contributed by atoms with van der Waals surface area (Å²) in [7, 11) is 1.93. The number of rotatable bonds is 5. The molecule has 18 heavy (non-hydrogen) atoms. The van der Waals surface area contributed by atoms with Gasteiger partial charge in [0.15, 0.2) is 0 Å². The van der Waals surface area contributed by atoms with Gasteiger partial charge in [0, 0.05) is 44.6 Å². The molecule has 1 N–H and O–H groups in total. The van der Waals surface area contributed by atoms with Crippen LogP contribution in [-0.4, -0.2) is 19.6 Å². The molecule has 0 atom stereocenters. The molecule has 0 unspecified atom stereocenters. The minimum absolute atomic E-state index is 0. The number of aromatic nitrogens is 4. The Hall–Kier alpha value is -1.33. The van der Waals surface area contributed by atoms with Crippen molar-refractivity contribution in [3.63, 3.8) is 0 Å². The molecule has 0 bridgehead atoms.